The molecule has 0 aromatic carbocycles. The van der Waals surface area contributed by atoms with Gasteiger partial charge >= 0.3 is 0 Å². The Kier molecular flexibility index (Phi) is 4.11. The molecule has 0 unspecified atom stereocenters. The molecule has 2 nitrogen and oxygen atoms in total. The van der Waals surface area contributed by atoms with Crippen LogP contribution >= 0.6 is 0 Å². The fraction of sp³-hybridized carbons (Fsp3) is 0.500. The largest absolute Gasteiger partial charge is 0.337 e. The van der Waals surface area contributed by atoms with Gasteiger partial charge in [-0.2, -0.15) is 0 Å². The zero-order chi connectivity index (χ0) is 12.3. The lowest BCUT2D eigenvalue weighted by Gasteiger charge is -2.05. The monoisotopic (exact) mass is 219 g/mol. The smallest absolute Gasteiger partial charge is 0.253 e. The second-order valence-electron chi connectivity index (χ2n) is 4.52. The van der Waals surface area contributed by atoms with Crippen molar-refractivity contribution in [1.82, 2.24) is 4.90 Å². The van der Waals surface area contributed by atoms with Crippen LogP contribution in [0.4, 0.5) is 0 Å². The molecule has 0 aromatic rings. The third kappa shape index (κ3) is 2.63. The first kappa shape index (κ1) is 12.8. The predicted molar refractivity (Wildman–Crippen MR) is 68.1 cm³/mol. The summed E-state index contributed by atoms with van der Waals surface area (Å²) in [6, 6.07) is 0. The summed E-state index contributed by atoms with van der Waals surface area (Å²) in [6.45, 7) is 11.0. The minimum absolute atomic E-state index is 0.0483. The van der Waals surface area contributed by atoms with E-state index in [0.717, 1.165) is 18.4 Å². The van der Waals surface area contributed by atoms with E-state index in [1.54, 1.807) is 4.90 Å². The number of rotatable bonds is 3. The van der Waals surface area contributed by atoms with Gasteiger partial charge in [-0.15, -0.1) is 0 Å². The number of nitrogens with zero attached hydrogens (tertiary/aromatic N) is 1. The van der Waals surface area contributed by atoms with Gasteiger partial charge in [-0.1, -0.05) is 37.1 Å². The highest BCUT2D eigenvalue weighted by atomic mass is 16.2. The van der Waals surface area contributed by atoms with E-state index < -0.39 is 0 Å². The van der Waals surface area contributed by atoms with Gasteiger partial charge in [-0.3, -0.25) is 4.79 Å². The van der Waals surface area contributed by atoms with Crippen molar-refractivity contribution >= 4 is 5.91 Å². The Bertz CT molecular complexity index is 374. The molecule has 0 aromatic heterocycles. The van der Waals surface area contributed by atoms with E-state index >= 15 is 0 Å². The highest BCUT2D eigenvalue weighted by Crippen LogP contribution is 2.23. The van der Waals surface area contributed by atoms with Gasteiger partial charge in [0, 0.05) is 19.2 Å². The SMILES string of the molecule is C=C1C(=O)N(C)C/C1=C/C(C)=C(/C)CCC. The van der Waals surface area contributed by atoms with Gasteiger partial charge in [-0.05, 0) is 25.8 Å². The minimum atomic E-state index is 0.0483. The fourth-order valence-corrected chi connectivity index (χ4v) is 1.88. The first-order valence-corrected chi connectivity index (χ1v) is 5.79. The predicted octanol–water partition coefficient (Wildman–Crippen LogP) is 3.08. The molecule has 1 amide bonds. The molecule has 1 heterocycles. The molecule has 1 aliphatic heterocycles. The van der Waals surface area contributed by atoms with Crippen molar-refractivity contribution in [1.29, 1.82) is 0 Å². The molecule has 0 radical (unpaired) electrons. The van der Waals surface area contributed by atoms with Gasteiger partial charge in [0.2, 0.25) is 0 Å². The first-order valence-electron chi connectivity index (χ1n) is 5.79. The van der Waals surface area contributed by atoms with Crippen LogP contribution in [-0.2, 0) is 4.79 Å². The molecule has 1 saturated heterocycles. The van der Waals surface area contributed by atoms with Crippen molar-refractivity contribution < 1.29 is 4.79 Å². The van der Waals surface area contributed by atoms with Crippen molar-refractivity contribution in [2.45, 2.75) is 33.6 Å². The van der Waals surface area contributed by atoms with Crippen LogP contribution in [0.1, 0.15) is 33.6 Å². The summed E-state index contributed by atoms with van der Waals surface area (Å²) < 4.78 is 0. The second-order valence-corrected chi connectivity index (χ2v) is 4.52. The van der Waals surface area contributed by atoms with Gasteiger partial charge in [0.05, 0.1) is 0 Å². The molecule has 88 valence electrons. The van der Waals surface area contributed by atoms with E-state index in [-0.39, 0.29) is 5.91 Å². The summed E-state index contributed by atoms with van der Waals surface area (Å²) in [5.74, 6) is 0.0483. The number of likely N-dealkylation sites (N-methyl/N-ethyl adjacent to an activating group) is 1. The minimum Gasteiger partial charge on any atom is -0.337 e. The summed E-state index contributed by atoms with van der Waals surface area (Å²) in [6.07, 6.45) is 4.38. The molecule has 0 atom stereocenters. The molecular weight excluding hydrogens is 198 g/mol. The lowest BCUT2D eigenvalue weighted by atomic mass is 10.0. The maximum absolute atomic E-state index is 11.6. The van der Waals surface area contributed by atoms with Crippen LogP contribution in [0.3, 0.4) is 0 Å². The van der Waals surface area contributed by atoms with Crippen LogP contribution in [-0.4, -0.2) is 24.4 Å². The number of hydrogen-bond donors (Lipinski definition) is 0. The quantitative estimate of drug-likeness (QED) is 0.668. The molecule has 0 aliphatic carbocycles. The number of allylic oxidation sites excluding steroid dienone is 3. The van der Waals surface area contributed by atoms with Crippen LogP contribution < -0.4 is 0 Å². The van der Waals surface area contributed by atoms with Gasteiger partial charge in [0.15, 0.2) is 0 Å². The van der Waals surface area contributed by atoms with Gasteiger partial charge in [-0.25, -0.2) is 0 Å². The van der Waals surface area contributed by atoms with Gasteiger partial charge in [0.1, 0.15) is 0 Å². The summed E-state index contributed by atoms with van der Waals surface area (Å²) in [5.41, 5.74) is 4.36. The summed E-state index contributed by atoms with van der Waals surface area (Å²) >= 11 is 0. The Labute approximate surface area is 98.3 Å². The van der Waals surface area contributed by atoms with E-state index in [1.807, 2.05) is 7.05 Å². The molecule has 1 rings (SSSR count). The lowest BCUT2D eigenvalue weighted by Crippen LogP contribution is -2.18. The van der Waals surface area contributed by atoms with Gasteiger partial charge in [0.25, 0.3) is 5.91 Å². The van der Waals surface area contributed by atoms with Crippen LogP contribution in [0.5, 0.6) is 0 Å². The maximum Gasteiger partial charge on any atom is 0.253 e. The Hall–Kier alpha value is -1.31. The molecule has 0 N–H and O–H groups in total. The topological polar surface area (TPSA) is 20.3 Å². The van der Waals surface area contributed by atoms with Crippen molar-refractivity contribution in [2.75, 3.05) is 13.6 Å². The van der Waals surface area contributed by atoms with Crippen LogP contribution in [0.15, 0.2) is 34.9 Å². The van der Waals surface area contributed by atoms with E-state index in [1.165, 1.54) is 11.1 Å². The van der Waals surface area contributed by atoms with Crippen LogP contribution in [0.25, 0.3) is 0 Å². The molecule has 0 saturated carbocycles. The van der Waals surface area contributed by atoms with Crippen molar-refractivity contribution in [3.8, 4) is 0 Å². The van der Waals surface area contributed by atoms with E-state index in [0.29, 0.717) is 12.1 Å². The Morgan fingerprint density at radius 1 is 1.50 bits per heavy atom. The summed E-state index contributed by atoms with van der Waals surface area (Å²) in [5, 5.41) is 0. The molecule has 0 bridgehead atoms. The fourth-order valence-electron chi connectivity index (χ4n) is 1.88. The molecule has 0 spiro atoms. The van der Waals surface area contributed by atoms with Crippen molar-refractivity contribution in [2.24, 2.45) is 0 Å². The van der Waals surface area contributed by atoms with Crippen molar-refractivity contribution in [3.05, 3.63) is 34.9 Å². The summed E-state index contributed by atoms with van der Waals surface area (Å²) in [4.78, 5) is 13.3. The van der Waals surface area contributed by atoms with Crippen LogP contribution in [0.2, 0.25) is 0 Å². The zero-order valence-electron chi connectivity index (χ0n) is 10.8. The number of likely N-dealkylation sites (tertiary alicyclic amines) is 1. The Morgan fingerprint density at radius 3 is 2.56 bits per heavy atom. The number of hydrogen-bond acceptors (Lipinski definition) is 1. The van der Waals surface area contributed by atoms with Crippen LogP contribution in [0, 0.1) is 0 Å². The summed E-state index contributed by atoms with van der Waals surface area (Å²) in [7, 11) is 1.81. The van der Waals surface area contributed by atoms with E-state index in [9.17, 15) is 4.79 Å². The second kappa shape index (κ2) is 5.15. The lowest BCUT2D eigenvalue weighted by molar-refractivity contribution is -0.123. The standard InChI is InChI=1S/C14H21NO/c1-6-7-10(2)11(3)8-13-9-15(5)14(16)12(13)4/h8H,4,6-7,9H2,1-3,5H3/b11-10-,13-8-. The van der Waals surface area contributed by atoms with E-state index in [4.69, 9.17) is 0 Å². The molecular formula is C14H21NO. The molecule has 1 aliphatic rings. The molecule has 1 fully saturated rings. The van der Waals surface area contributed by atoms with E-state index in [2.05, 4.69) is 33.4 Å². The third-order valence-corrected chi connectivity index (χ3v) is 3.09. The average molecular weight is 219 g/mol. The first-order chi connectivity index (χ1) is 7.47. The third-order valence-electron chi connectivity index (χ3n) is 3.09. The number of amides is 1. The normalized spacial score (nSPS) is 20.8. The Morgan fingerprint density at radius 2 is 2.12 bits per heavy atom. The van der Waals surface area contributed by atoms with Crippen molar-refractivity contribution in [3.63, 3.8) is 0 Å². The highest BCUT2D eigenvalue weighted by Gasteiger charge is 2.25. The molecule has 16 heavy (non-hydrogen) atoms. The Balaban J connectivity index is 2.90. The number of carbonyl (C=O) groups excluding carboxylic acids is 1. The maximum atomic E-state index is 11.6. The average Bonchev–Trinajstić information content (AvgIpc) is 2.47. The number of carbonyl (C=O) groups is 1. The van der Waals surface area contributed by atoms with Gasteiger partial charge < -0.3 is 4.90 Å². The molecule has 2 heteroatoms. The zero-order valence-corrected chi connectivity index (χ0v) is 10.8. The highest BCUT2D eigenvalue weighted by molar-refractivity contribution is 6.00.